The molecule has 0 fully saturated rings. The van der Waals surface area contributed by atoms with Crippen LogP contribution in [0.1, 0.15) is 24.1 Å². The molecule has 6 heteroatoms. The molecular weight excluding hydrogens is 272 g/mol. The van der Waals surface area contributed by atoms with E-state index in [-0.39, 0.29) is 11.7 Å². The Morgan fingerprint density at radius 2 is 1.75 bits per heavy atom. The van der Waals surface area contributed by atoms with Gasteiger partial charge in [0.2, 0.25) is 0 Å². The predicted octanol–water partition coefficient (Wildman–Crippen LogP) is 4.41. The van der Waals surface area contributed by atoms with Gasteiger partial charge in [0.05, 0.1) is 5.56 Å². The van der Waals surface area contributed by atoms with Crippen LogP contribution in [0.5, 0.6) is 0 Å². The number of pyridine rings is 1. The smallest absolute Gasteiger partial charge is 0.379 e. The van der Waals surface area contributed by atoms with Crippen molar-refractivity contribution < 1.29 is 17.6 Å². The Bertz CT molecular complexity index is 581. The minimum atomic E-state index is -4.71. The largest absolute Gasteiger partial charge is 0.419 e. The van der Waals surface area contributed by atoms with Gasteiger partial charge in [-0.05, 0) is 42.8 Å². The SMILES string of the molecule is CC(Nc1ccc(F)c(C(F)(F)F)c1)c1ccncc1. The van der Waals surface area contributed by atoms with Crippen LogP contribution in [0, 0.1) is 5.82 Å². The number of nitrogens with zero attached hydrogens (tertiary/aromatic N) is 1. The van der Waals surface area contributed by atoms with E-state index >= 15 is 0 Å². The first kappa shape index (κ1) is 14.3. The van der Waals surface area contributed by atoms with Crippen molar-refractivity contribution in [2.24, 2.45) is 0 Å². The summed E-state index contributed by atoms with van der Waals surface area (Å²) in [6.45, 7) is 1.80. The Balaban J connectivity index is 2.22. The van der Waals surface area contributed by atoms with Gasteiger partial charge in [0, 0.05) is 24.1 Å². The Hall–Kier alpha value is -2.11. The molecule has 0 saturated carbocycles. The Morgan fingerprint density at radius 3 is 2.35 bits per heavy atom. The monoisotopic (exact) mass is 284 g/mol. The van der Waals surface area contributed by atoms with E-state index in [0.29, 0.717) is 0 Å². The number of halogens is 4. The van der Waals surface area contributed by atoms with Crippen LogP contribution in [-0.4, -0.2) is 4.98 Å². The maximum absolute atomic E-state index is 13.2. The fraction of sp³-hybridized carbons (Fsp3) is 0.214. The molecule has 0 saturated heterocycles. The lowest BCUT2D eigenvalue weighted by molar-refractivity contribution is -0.139. The van der Waals surface area contributed by atoms with Crippen LogP contribution in [0.25, 0.3) is 0 Å². The molecule has 0 amide bonds. The second kappa shape index (κ2) is 5.48. The quantitative estimate of drug-likeness (QED) is 0.844. The number of benzene rings is 1. The molecule has 2 nitrogen and oxygen atoms in total. The number of anilines is 1. The lowest BCUT2D eigenvalue weighted by Crippen LogP contribution is -2.11. The molecule has 0 bridgehead atoms. The number of nitrogens with one attached hydrogen (secondary N) is 1. The summed E-state index contributed by atoms with van der Waals surface area (Å²) >= 11 is 0. The average Bonchev–Trinajstić information content (AvgIpc) is 2.40. The Kier molecular flexibility index (Phi) is 3.92. The highest BCUT2D eigenvalue weighted by molar-refractivity contribution is 5.48. The number of alkyl halides is 3. The summed E-state index contributed by atoms with van der Waals surface area (Å²) in [5.74, 6) is -1.28. The highest BCUT2D eigenvalue weighted by Gasteiger charge is 2.34. The van der Waals surface area contributed by atoms with E-state index in [9.17, 15) is 17.6 Å². The Morgan fingerprint density at radius 1 is 1.10 bits per heavy atom. The summed E-state index contributed by atoms with van der Waals surface area (Å²) in [5, 5.41) is 2.90. The van der Waals surface area contributed by atoms with Crippen molar-refractivity contribution in [1.82, 2.24) is 4.98 Å². The third-order valence-corrected chi connectivity index (χ3v) is 2.86. The molecule has 0 radical (unpaired) electrons. The van der Waals surface area contributed by atoms with Crippen LogP contribution < -0.4 is 5.32 Å². The zero-order chi connectivity index (χ0) is 14.8. The maximum atomic E-state index is 13.2. The minimum absolute atomic E-state index is 0.211. The van der Waals surface area contributed by atoms with Gasteiger partial charge < -0.3 is 5.32 Å². The summed E-state index contributed by atoms with van der Waals surface area (Å²) in [6.07, 6.45) is -1.51. The van der Waals surface area contributed by atoms with Gasteiger partial charge in [0.1, 0.15) is 5.82 Å². The van der Waals surface area contributed by atoms with E-state index in [4.69, 9.17) is 0 Å². The van der Waals surface area contributed by atoms with Gasteiger partial charge in [-0.15, -0.1) is 0 Å². The first-order valence-corrected chi connectivity index (χ1v) is 5.91. The molecule has 0 spiro atoms. The van der Waals surface area contributed by atoms with Crippen LogP contribution in [0.15, 0.2) is 42.7 Å². The zero-order valence-electron chi connectivity index (χ0n) is 10.6. The van der Waals surface area contributed by atoms with Gasteiger partial charge in [-0.1, -0.05) is 0 Å². The molecule has 0 aliphatic carbocycles. The Labute approximate surface area is 113 Å². The van der Waals surface area contributed by atoms with Crippen molar-refractivity contribution in [3.63, 3.8) is 0 Å². The van der Waals surface area contributed by atoms with E-state index in [2.05, 4.69) is 10.3 Å². The van der Waals surface area contributed by atoms with E-state index in [1.54, 1.807) is 31.5 Å². The normalized spacial score (nSPS) is 13.1. The van der Waals surface area contributed by atoms with Crippen molar-refractivity contribution in [2.75, 3.05) is 5.32 Å². The van der Waals surface area contributed by atoms with Crippen LogP contribution in [0.4, 0.5) is 23.2 Å². The van der Waals surface area contributed by atoms with E-state index in [0.717, 1.165) is 17.7 Å². The number of aromatic nitrogens is 1. The first-order chi connectivity index (χ1) is 9.38. The summed E-state index contributed by atoms with van der Waals surface area (Å²) in [6, 6.07) is 6.15. The van der Waals surface area contributed by atoms with Crippen molar-refractivity contribution >= 4 is 5.69 Å². The van der Waals surface area contributed by atoms with Crippen LogP contribution in [0.2, 0.25) is 0 Å². The first-order valence-electron chi connectivity index (χ1n) is 5.91. The fourth-order valence-electron chi connectivity index (χ4n) is 1.82. The molecule has 0 aliphatic heterocycles. The van der Waals surface area contributed by atoms with Gasteiger partial charge in [-0.25, -0.2) is 4.39 Å². The zero-order valence-corrected chi connectivity index (χ0v) is 10.6. The summed E-state index contributed by atoms with van der Waals surface area (Å²) in [7, 11) is 0. The fourth-order valence-corrected chi connectivity index (χ4v) is 1.82. The van der Waals surface area contributed by atoms with E-state index in [1.807, 2.05) is 0 Å². The molecule has 1 aromatic carbocycles. The molecule has 1 unspecified atom stereocenters. The number of hydrogen-bond acceptors (Lipinski definition) is 2. The molecule has 106 valence electrons. The van der Waals surface area contributed by atoms with Crippen molar-refractivity contribution in [3.05, 3.63) is 59.7 Å². The van der Waals surface area contributed by atoms with Gasteiger partial charge in [-0.2, -0.15) is 13.2 Å². The molecule has 1 aromatic heterocycles. The number of rotatable bonds is 3. The third-order valence-electron chi connectivity index (χ3n) is 2.86. The summed E-state index contributed by atoms with van der Waals surface area (Å²) in [5.41, 5.74) is -0.189. The predicted molar refractivity (Wildman–Crippen MR) is 67.7 cm³/mol. The molecule has 2 rings (SSSR count). The van der Waals surface area contributed by atoms with Crippen LogP contribution in [-0.2, 0) is 6.18 Å². The lowest BCUT2D eigenvalue weighted by atomic mass is 10.1. The van der Waals surface area contributed by atoms with Crippen molar-refractivity contribution in [1.29, 1.82) is 0 Å². The molecule has 0 aliphatic rings. The second-order valence-electron chi connectivity index (χ2n) is 4.34. The lowest BCUT2D eigenvalue weighted by Gasteiger charge is -2.17. The van der Waals surface area contributed by atoms with Crippen LogP contribution in [0.3, 0.4) is 0 Å². The topological polar surface area (TPSA) is 24.9 Å². The van der Waals surface area contributed by atoms with Crippen LogP contribution >= 0.6 is 0 Å². The van der Waals surface area contributed by atoms with Gasteiger partial charge >= 0.3 is 6.18 Å². The summed E-state index contributed by atoms with van der Waals surface area (Å²) < 4.78 is 51.0. The maximum Gasteiger partial charge on any atom is 0.419 e. The molecule has 2 aromatic rings. The van der Waals surface area contributed by atoms with E-state index < -0.39 is 17.6 Å². The minimum Gasteiger partial charge on any atom is -0.379 e. The van der Waals surface area contributed by atoms with E-state index in [1.165, 1.54) is 6.07 Å². The van der Waals surface area contributed by atoms with Gasteiger partial charge in [0.25, 0.3) is 0 Å². The standard InChI is InChI=1S/C14H12F4N2/c1-9(10-4-6-19-7-5-10)20-11-2-3-13(15)12(8-11)14(16,17)18/h2-9,20H,1H3. The second-order valence-corrected chi connectivity index (χ2v) is 4.34. The summed E-state index contributed by atoms with van der Waals surface area (Å²) in [4.78, 5) is 3.87. The highest BCUT2D eigenvalue weighted by Crippen LogP contribution is 2.33. The molecule has 1 heterocycles. The molecular formula is C14H12F4N2. The number of hydrogen-bond donors (Lipinski definition) is 1. The highest BCUT2D eigenvalue weighted by atomic mass is 19.4. The molecule has 1 N–H and O–H groups in total. The van der Waals surface area contributed by atoms with Crippen molar-refractivity contribution in [3.8, 4) is 0 Å². The molecule has 20 heavy (non-hydrogen) atoms. The van der Waals surface area contributed by atoms with Crippen molar-refractivity contribution in [2.45, 2.75) is 19.1 Å². The average molecular weight is 284 g/mol. The van der Waals surface area contributed by atoms with Gasteiger partial charge in [0.15, 0.2) is 0 Å². The molecule has 1 atom stereocenters. The van der Waals surface area contributed by atoms with Gasteiger partial charge in [-0.3, -0.25) is 4.98 Å². The third kappa shape index (κ3) is 3.26.